The molecule has 0 spiro atoms. The van der Waals surface area contributed by atoms with Crippen LogP contribution in [0.25, 0.3) is 5.52 Å². The van der Waals surface area contributed by atoms with Crippen molar-refractivity contribution in [2.24, 2.45) is 0 Å². The van der Waals surface area contributed by atoms with Gasteiger partial charge in [-0.25, -0.2) is 0 Å². The van der Waals surface area contributed by atoms with Crippen LogP contribution < -0.4 is 10.1 Å². The molecule has 3 heterocycles. The lowest BCUT2D eigenvalue weighted by Gasteiger charge is -2.25. The highest BCUT2D eigenvalue weighted by molar-refractivity contribution is 6.10. The van der Waals surface area contributed by atoms with E-state index in [1.807, 2.05) is 48.6 Å². The molecule has 8 nitrogen and oxygen atoms in total. The van der Waals surface area contributed by atoms with Gasteiger partial charge in [0, 0.05) is 35.4 Å². The monoisotopic (exact) mass is 533 g/mol. The van der Waals surface area contributed by atoms with Crippen LogP contribution in [0.15, 0.2) is 48.7 Å². The van der Waals surface area contributed by atoms with Crippen molar-refractivity contribution >= 4 is 23.2 Å². The van der Waals surface area contributed by atoms with E-state index in [1.54, 1.807) is 18.3 Å². The van der Waals surface area contributed by atoms with Crippen molar-refractivity contribution in [1.29, 1.82) is 0 Å². The maximum absolute atomic E-state index is 13.8. The number of aromatic nitrogens is 1. The number of unbranched alkanes of at least 4 members (excludes halogenated alkanes) is 1. The van der Waals surface area contributed by atoms with Crippen LogP contribution in [0.2, 0.25) is 0 Å². The first-order chi connectivity index (χ1) is 18.8. The van der Waals surface area contributed by atoms with Crippen molar-refractivity contribution < 1.29 is 23.9 Å². The van der Waals surface area contributed by atoms with E-state index in [1.165, 1.54) is 12.0 Å². The molecular weight excluding hydrogens is 494 g/mol. The van der Waals surface area contributed by atoms with E-state index in [2.05, 4.69) is 12.2 Å². The molecule has 208 valence electrons. The minimum atomic E-state index is -0.470. The number of methoxy groups -OCH3 is 1. The molecule has 1 aromatic carbocycles. The van der Waals surface area contributed by atoms with Crippen molar-refractivity contribution in [1.82, 2.24) is 14.6 Å². The van der Waals surface area contributed by atoms with Crippen LogP contribution in [0.1, 0.15) is 78.4 Å². The molecule has 1 amide bonds. The summed E-state index contributed by atoms with van der Waals surface area (Å²) in [5.41, 5.74) is 3.37. The SMILES string of the molecule is CCCCc1cc2cc(C(=O)N(CC(=O)OC)C(C)C)ccn2c1C(=O)c1ccc(O[C@H]2CCCNC2)cc1. The second-order valence-corrected chi connectivity index (χ2v) is 10.4. The van der Waals surface area contributed by atoms with Crippen molar-refractivity contribution in [2.75, 3.05) is 26.7 Å². The third kappa shape index (κ3) is 6.68. The van der Waals surface area contributed by atoms with Gasteiger partial charge in [0.15, 0.2) is 0 Å². The summed E-state index contributed by atoms with van der Waals surface area (Å²) in [5.74, 6) is -0.0370. The number of carbonyl (C=O) groups excluding carboxylic acids is 3. The number of aryl methyl sites for hydroxylation is 1. The summed E-state index contributed by atoms with van der Waals surface area (Å²) in [6, 6.07) is 12.7. The number of fused-ring (bicyclic) bond motifs is 1. The number of pyridine rings is 1. The number of carbonyl (C=O) groups is 3. The highest BCUT2D eigenvalue weighted by atomic mass is 16.5. The molecule has 39 heavy (non-hydrogen) atoms. The first kappa shape index (κ1) is 28.4. The maximum Gasteiger partial charge on any atom is 0.325 e. The van der Waals surface area contributed by atoms with Gasteiger partial charge in [0.25, 0.3) is 5.91 Å². The van der Waals surface area contributed by atoms with Crippen LogP contribution in [0, 0.1) is 0 Å². The average Bonchev–Trinajstić information content (AvgIpc) is 3.32. The summed E-state index contributed by atoms with van der Waals surface area (Å²) in [7, 11) is 1.31. The van der Waals surface area contributed by atoms with E-state index in [4.69, 9.17) is 9.47 Å². The van der Waals surface area contributed by atoms with Gasteiger partial charge in [0.1, 0.15) is 18.4 Å². The molecule has 1 N–H and O–H groups in total. The van der Waals surface area contributed by atoms with Crippen molar-refractivity contribution in [3.63, 3.8) is 0 Å². The molecule has 0 bridgehead atoms. The molecule has 1 atom stereocenters. The van der Waals surface area contributed by atoms with Gasteiger partial charge in [-0.05, 0) is 94.1 Å². The zero-order valence-corrected chi connectivity index (χ0v) is 23.4. The Morgan fingerprint density at radius 2 is 1.87 bits per heavy atom. The molecule has 1 aliphatic heterocycles. The number of esters is 1. The lowest BCUT2D eigenvalue weighted by molar-refractivity contribution is -0.141. The van der Waals surface area contributed by atoms with Crippen LogP contribution >= 0.6 is 0 Å². The summed E-state index contributed by atoms with van der Waals surface area (Å²) in [6.45, 7) is 7.58. The molecule has 0 unspecified atom stereocenters. The van der Waals surface area contributed by atoms with Crippen LogP contribution in [0.4, 0.5) is 0 Å². The number of nitrogens with one attached hydrogen (secondary N) is 1. The summed E-state index contributed by atoms with van der Waals surface area (Å²) in [6.07, 6.45) is 6.75. The number of piperidine rings is 1. The Morgan fingerprint density at radius 3 is 2.51 bits per heavy atom. The lowest BCUT2D eigenvalue weighted by Crippen LogP contribution is -2.41. The standard InChI is InChI=1S/C31H39N3O5/c1-5-6-8-23-17-25-18-24(31(37)34(21(2)3)20-28(35)38-4)14-16-33(25)29(23)30(36)22-10-12-26(13-11-22)39-27-9-7-15-32-19-27/h10-14,16-18,21,27,32H,5-9,15,19-20H2,1-4H3/t27-/m0/s1. The van der Waals surface area contributed by atoms with Gasteiger partial charge in [0.2, 0.25) is 5.78 Å². The minimum Gasteiger partial charge on any atom is -0.489 e. The van der Waals surface area contributed by atoms with Gasteiger partial charge in [-0.2, -0.15) is 0 Å². The number of ether oxygens (including phenoxy) is 2. The average molecular weight is 534 g/mol. The van der Waals surface area contributed by atoms with E-state index in [9.17, 15) is 14.4 Å². The summed E-state index contributed by atoms with van der Waals surface area (Å²) in [5, 5.41) is 3.35. The van der Waals surface area contributed by atoms with E-state index in [-0.39, 0.29) is 30.4 Å². The Bertz CT molecular complexity index is 1310. The molecule has 2 aromatic heterocycles. The Hall–Kier alpha value is -3.65. The zero-order chi connectivity index (χ0) is 27.9. The van der Waals surface area contributed by atoms with Gasteiger partial charge >= 0.3 is 5.97 Å². The Morgan fingerprint density at radius 1 is 1.10 bits per heavy atom. The van der Waals surface area contributed by atoms with Gasteiger partial charge < -0.3 is 24.1 Å². The fraction of sp³-hybridized carbons (Fsp3) is 0.452. The predicted octanol–water partition coefficient (Wildman–Crippen LogP) is 4.67. The normalized spacial score (nSPS) is 15.4. The molecule has 8 heteroatoms. The highest BCUT2D eigenvalue weighted by Crippen LogP contribution is 2.25. The van der Waals surface area contributed by atoms with Gasteiger partial charge in [-0.3, -0.25) is 14.4 Å². The number of nitrogens with zero attached hydrogens (tertiary/aromatic N) is 2. The fourth-order valence-corrected chi connectivity index (χ4v) is 4.97. The summed E-state index contributed by atoms with van der Waals surface area (Å²) < 4.78 is 12.7. The first-order valence-electron chi connectivity index (χ1n) is 13.9. The molecule has 0 aliphatic carbocycles. The van der Waals surface area contributed by atoms with E-state index in [0.717, 1.165) is 62.0 Å². The highest BCUT2D eigenvalue weighted by Gasteiger charge is 2.24. The third-order valence-corrected chi connectivity index (χ3v) is 7.20. The molecule has 1 aliphatic rings. The topological polar surface area (TPSA) is 89.4 Å². The van der Waals surface area contributed by atoms with Crippen molar-refractivity contribution in [2.45, 2.75) is 65.0 Å². The third-order valence-electron chi connectivity index (χ3n) is 7.20. The van der Waals surface area contributed by atoms with Crippen LogP contribution in [-0.4, -0.2) is 65.9 Å². The molecule has 0 radical (unpaired) electrons. The lowest BCUT2D eigenvalue weighted by atomic mass is 10.0. The number of rotatable bonds is 11. The second-order valence-electron chi connectivity index (χ2n) is 10.4. The quantitative estimate of drug-likeness (QED) is 0.285. The maximum atomic E-state index is 13.8. The van der Waals surface area contributed by atoms with Crippen LogP contribution in [-0.2, 0) is 16.0 Å². The van der Waals surface area contributed by atoms with E-state index < -0.39 is 5.97 Å². The number of amides is 1. The predicted molar refractivity (Wildman–Crippen MR) is 151 cm³/mol. The van der Waals surface area contributed by atoms with Crippen LogP contribution in [0.5, 0.6) is 5.75 Å². The first-order valence-corrected chi connectivity index (χ1v) is 13.9. The molecule has 1 saturated heterocycles. The van der Waals surface area contributed by atoms with E-state index >= 15 is 0 Å². The zero-order valence-electron chi connectivity index (χ0n) is 23.4. The van der Waals surface area contributed by atoms with Gasteiger partial charge in [-0.1, -0.05) is 13.3 Å². The van der Waals surface area contributed by atoms with Gasteiger partial charge in [-0.15, -0.1) is 0 Å². The largest absolute Gasteiger partial charge is 0.489 e. The number of hydrogen-bond donors (Lipinski definition) is 1. The Kier molecular flexibility index (Phi) is 9.41. The molecule has 1 fully saturated rings. The number of ketones is 1. The summed E-state index contributed by atoms with van der Waals surface area (Å²) >= 11 is 0. The molecule has 4 rings (SSSR count). The molecule has 3 aromatic rings. The summed E-state index contributed by atoms with van der Waals surface area (Å²) in [4.78, 5) is 40.4. The number of hydrogen-bond acceptors (Lipinski definition) is 6. The van der Waals surface area contributed by atoms with Gasteiger partial charge in [0.05, 0.1) is 12.8 Å². The molecular formula is C31H39N3O5. The Balaban J connectivity index is 1.62. The Labute approximate surface area is 230 Å². The van der Waals surface area contributed by atoms with E-state index in [0.29, 0.717) is 16.8 Å². The number of benzene rings is 1. The van der Waals surface area contributed by atoms with Crippen LogP contribution in [0.3, 0.4) is 0 Å². The smallest absolute Gasteiger partial charge is 0.325 e. The second kappa shape index (κ2) is 12.9. The minimum absolute atomic E-state index is 0.0689. The molecule has 0 saturated carbocycles. The van der Waals surface area contributed by atoms with Crippen molar-refractivity contribution in [3.8, 4) is 5.75 Å². The fourth-order valence-electron chi connectivity index (χ4n) is 4.97. The van der Waals surface area contributed by atoms with Crippen molar-refractivity contribution in [3.05, 3.63) is 71.0 Å².